The molecule has 2 heterocycles. The molecule has 0 saturated carbocycles. The fourth-order valence-corrected chi connectivity index (χ4v) is 2.06. The van der Waals surface area contributed by atoms with Crippen molar-refractivity contribution in [2.45, 2.75) is 44.2 Å². The zero-order chi connectivity index (χ0) is 8.44. The van der Waals surface area contributed by atoms with Gasteiger partial charge in [0.25, 0.3) is 0 Å². The lowest BCUT2D eigenvalue weighted by molar-refractivity contribution is -0.150. The van der Waals surface area contributed by atoms with Crippen LogP contribution in [0.15, 0.2) is 0 Å². The van der Waals surface area contributed by atoms with E-state index in [1.807, 2.05) is 0 Å². The van der Waals surface area contributed by atoms with E-state index in [9.17, 15) is 4.79 Å². The Bertz CT molecular complexity index is 179. The van der Waals surface area contributed by atoms with E-state index in [1.165, 1.54) is 6.42 Å². The van der Waals surface area contributed by atoms with Crippen LogP contribution in [0.25, 0.3) is 0 Å². The van der Waals surface area contributed by atoms with E-state index in [1.54, 1.807) is 0 Å². The fraction of sp³-hybridized carbons (Fsp3) is 0.889. The third-order valence-corrected chi connectivity index (χ3v) is 2.70. The highest BCUT2D eigenvalue weighted by Crippen LogP contribution is 2.30. The summed E-state index contributed by atoms with van der Waals surface area (Å²) >= 11 is 0. The maximum atomic E-state index is 11.1. The Hall–Kier alpha value is -0.570. The minimum absolute atomic E-state index is 0.156. The van der Waals surface area contributed by atoms with Crippen LogP contribution in [0.3, 0.4) is 0 Å². The zero-order valence-corrected chi connectivity index (χ0v) is 7.27. The first-order valence-corrected chi connectivity index (χ1v) is 4.76. The largest absolute Gasteiger partial charge is 0.356 e. The molecule has 3 heteroatoms. The van der Waals surface area contributed by atoms with Crippen LogP contribution >= 0.6 is 0 Å². The fourth-order valence-electron chi connectivity index (χ4n) is 2.06. The van der Waals surface area contributed by atoms with Crippen molar-refractivity contribution in [3.05, 3.63) is 0 Å². The van der Waals surface area contributed by atoms with Crippen molar-refractivity contribution in [1.82, 2.24) is 5.32 Å². The standard InChI is InChI=1S/C9H15NO2/c11-8-4-3-6-9(10-8)5-1-2-7-12-9/h1-7H2,(H,10,11). The normalized spacial score (nSPS) is 36.5. The topological polar surface area (TPSA) is 38.3 Å². The smallest absolute Gasteiger partial charge is 0.222 e. The van der Waals surface area contributed by atoms with E-state index in [2.05, 4.69) is 5.32 Å². The highest BCUT2D eigenvalue weighted by Gasteiger charge is 2.36. The van der Waals surface area contributed by atoms with E-state index >= 15 is 0 Å². The van der Waals surface area contributed by atoms with Crippen LogP contribution in [0.2, 0.25) is 0 Å². The van der Waals surface area contributed by atoms with E-state index in [-0.39, 0.29) is 11.6 Å². The van der Waals surface area contributed by atoms with Gasteiger partial charge in [-0.1, -0.05) is 0 Å². The van der Waals surface area contributed by atoms with Crippen LogP contribution in [-0.2, 0) is 9.53 Å². The van der Waals surface area contributed by atoms with Crippen LogP contribution in [0.5, 0.6) is 0 Å². The lowest BCUT2D eigenvalue weighted by Crippen LogP contribution is -2.54. The molecule has 0 bridgehead atoms. The summed E-state index contributed by atoms with van der Waals surface area (Å²) in [5, 5.41) is 2.97. The Labute approximate surface area is 72.5 Å². The molecule has 2 aliphatic heterocycles. The first-order chi connectivity index (χ1) is 5.81. The quantitative estimate of drug-likeness (QED) is 0.591. The molecular weight excluding hydrogens is 154 g/mol. The van der Waals surface area contributed by atoms with Gasteiger partial charge in [0.15, 0.2) is 0 Å². The van der Waals surface area contributed by atoms with Gasteiger partial charge in [-0.25, -0.2) is 0 Å². The van der Waals surface area contributed by atoms with Crippen molar-refractivity contribution in [2.24, 2.45) is 0 Å². The van der Waals surface area contributed by atoms with Gasteiger partial charge in [-0.15, -0.1) is 0 Å². The number of carbonyl (C=O) groups excluding carboxylic acids is 1. The molecule has 0 aromatic rings. The number of ether oxygens (including phenoxy) is 1. The average molecular weight is 169 g/mol. The molecule has 68 valence electrons. The summed E-state index contributed by atoms with van der Waals surface area (Å²) in [6.45, 7) is 0.806. The maximum absolute atomic E-state index is 11.1. The Morgan fingerprint density at radius 2 is 2.08 bits per heavy atom. The summed E-state index contributed by atoms with van der Waals surface area (Å²) in [6.07, 6.45) is 5.96. The molecule has 0 aliphatic carbocycles. The Balaban J connectivity index is 2.02. The monoisotopic (exact) mass is 169 g/mol. The molecule has 1 N–H and O–H groups in total. The SMILES string of the molecule is O=C1CCCC2(CCCCO2)N1. The van der Waals surface area contributed by atoms with Gasteiger partial charge in [0.1, 0.15) is 5.72 Å². The summed E-state index contributed by atoms with van der Waals surface area (Å²) in [5.74, 6) is 0.156. The Morgan fingerprint density at radius 3 is 2.75 bits per heavy atom. The minimum atomic E-state index is -0.270. The third-order valence-electron chi connectivity index (χ3n) is 2.70. The molecule has 2 rings (SSSR count). The number of carbonyl (C=O) groups is 1. The summed E-state index contributed by atoms with van der Waals surface area (Å²) in [5.41, 5.74) is -0.270. The van der Waals surface area contributed by atoms with Crippen LogP contribution in [0, 0.1) is 0 Å². The van der Waals surface area contributed by atoms with Crippen molar-refractivity contribution in [1.29, 1.82) is 0 Å². The molecule has 0 aromatic heterocycles. The first kappa shape index (κ1) is 8.05. The lowest BCUT2D eigenvalue weighted by Gasteiger charge is -2.40. The summed E-state index contributed by atoms with van der Waals surface area (Å²) < 4.78 is 5.64. The molecule has 12 heavy (non-hydrogen) atoms. The van der Waals surface area contributed by atoms with Crippen LogP contribution in [0.4, 0.5) is 0 Å². The molecule has 2 fully saturated rings. The number of hydrogen-bond donors (Lipinski definition) is 1. The number of amides is 1. The molecule has 1 amide bonds. The second-order valence-corrected chi connectivity index (χ2v) is 3.70. The molecule has 2 saturated heterocycles. The van der Waals surface area contributed by atoms with Gasteiger partial charge in [-0.3, -0.25) is 4.79 Å². The van der Waals surface area contributed by atoms with Crippen molar-refractivity contribution in [2.75, 3.05) is 6.61 Å². The van der Waals surface area contributed by atoms with Crippen LogP contribution in [-0.4, -0.2) is 18.2 Å². The van der Waals surface area contributed by atoms with E-state index in [0.717, 1.165) is 32.3 Å². The molecule has 0 radical (unpaired) electrons. The third kappa shape index (κ3) is 1.46. The molecule has 1 unspecified atom stereocenters. The van der Waals surface area contributed by atoms with E-state index in [4.69, 9.17) is 4.74 Å². The lowest BCUT2D eigenvalue weighted by atomic mass is 9.93. The highest BCUT2D eigenvalue weighted by atomic mass is 16.5. The maximum Gasteiger partial charge on any atom is 0.222 e. The molecule has 0 aromatic carbocycles. The van der Waals surface area contributed by atoms with Gasteiger partial charge < -0.3 is 10.1 Å². The van der Waals surface area contributed by atoms with Crippen molar-refractivity contribution in [3.8, 4) is 0 Å². The molecule has 1 spiro atoms. The minimum Gasteiger partial charge on any atom is -0.356 e. The van der Waals surface area contributed by atoms with Crippen molar-refractivity contribution >= 4 is 5.91 Å². The van der Waals surface area contributed by atoms with Crippen LogP contribution in [0.1, 0.15) is 38.5 Å². The van der Waals surface area contributed by atoms with Crippen LogP contribution < -0.4 is 5.32 Å². The van der Waals surface area contributed by atoms with E-state index < -0.39 is 0 Å². The molecule has 1 atom stereocenters. The Kier molecular flexibility index (Phi) is 2.05. The van der Waals surface area contributed by atoms with Gasteiger partial charge in [0.2, 0.25) is 5.91 Å². The number of hydrogen-bond acceptors (Lipinski definition) is 2. The summed E-state index contributed by atoms with van der Waals surface area (Å²) in [4.78, 5) is 11.1. The van der Waals surface area contributed by atoms with E-state index in [0.29, 0.717) is 6.42 Å². The summed E-state index contributed by atoms with van der Waals surface area (Å²) in [7, 11) is 0. The number of rotatable bonds is 0. The second kappa shape index (κ2) is 3.05. The Morgan fingerprint density at radius 1 is 1.25 bits per heavy atom. The molecular formula is C9H15NO2. The predicted octanol–water partition coefficient (Wildman–Crippen LogP) is 1.18. The summed E-state index contributed by atoms with van der Waals surface area (Å²) in [6, 6.07) is 0. The zero-order valence-electron chi connectivity index (χ0n) is 7.27. The van der Waals surface area contributed by atoms with Gasteiger partial charge in [0.05, 0.1) is 0 Å². The molecule has 2 aliphatic rings. The van der Waals surface area contributed by atoms with Gasteiger partial charge >= 0.3 is 0 Å². The first-order valence-electron chi connectivity index (χ1n) is 4.76. The average Bonchev–Trinajstić information content (AvgIpc) is 2.05. The van der Waals surface area contributed by atoms with Gasteiger partial charge in [0, 0.05) is 13.0 Å². The predicted molar refractivity (Wildman–Crippen MR) is 44.5 cm³/mol. The highest BCUT2D eigenvalue weighted by molar-refractivity contribution is 5.77. The molecule has 3 nitrogen and oxygen atoms in total. The second-order valence-electron chi connectivity index (χ2n) is 3.70. The van der Waals surface area contributed by atoms with Crippen molar-refractivity contribution < 1.29 is 9.53 Å². The van der Waals surface area contributed by atoms with Gasteiger partial charge in [-0.05, 0) is 32.1 Å². The number of piperidine rings is 1. The van der Waals surface area contributed by atoms with Gasteiger partial charge in [-0.2, -0.15) is 0 Å². The van der Waals surface area contributed by atoms with Crippen molar-refractivity contribution in [3.63, 3.8) is 0 Å². The number of nitrogens with one attached hydrogen (secondary N) is 1.